The van der Waals surface area contributed by atoms with Crippen molar-refractivity contribution in [3.8, 4) is 0 Å². The van der Waals surface area contributed by atoms with E-state index in [9.17, 15) is 9.90 Å². The van der Waals surface area contributed by atoms with Crippen LogP contribution < -0.4 is 0 Å². The van der Waals surface area contributed by atoms with Crippen LogP contribution in [-0.2, 0) is 9.47 Å². The average Bonchev–Trinajstić information content (AvgIpc) is 2.54. The number of amides is 1. The molecule has 0 saturated carbocycles. The summed E-state index contributed by atoms with van der Waals surface area (Å²) in [6.45, 7) is 6.70. The summed E-state index contributed by atoms with van der Waals surface area (Å²) in [5, 5.41) is 10.3. The van der Waals surface area contributed by atoms with Gasteiger partial charge in [-0.05, 0) is 39.0 Å². The van der Waals surface area contributed by atoms with Crippen LogP contribution in [0.2, 0.25) is 0 Å². The number of carbonyl (C=O) groups is 1. The van der Waals surface area contributed by atoms with E-state index in [1.165, 1.54) is 0 Å². The van der Waals surface area contributed by atoms with Crippen molar-refractivity contribution in [1.82, 2.24) is 9.88 Å². The number of aliphatic hydroxyl groups excluding tert-OH is 1. The predicted molar refractivity (Wildman–Crippen MR) is 93.7 cm³/mol. The summed E-state index contributed by atoms with van der Waals surface area (Å²) >= 11 is 0. The van der Waals surface area contributed by atoms with Crippen LogP contribution in [0, 0.1) is 0 Å². The quantitative estimate of drug-likeness (QED) is 0.846. The lowest BCUT2D eigenvalue weighted by Gasteiger charge is -2.45. The number of pyridine rings is 1. The minimum Gasteiger partial charge on any atom is -0.487 e. The average molecular weight is 346 g/mol. The lowest BCUT2D eigenvalue weighted by Crippen LogP contribution is -2.51. The Labute approximate surface area is 148 Å². The second-order valence-electron chi connectivity index (χ2n) is 7.80. The zero-order valence-electron chi connectivity index (χ0n) is 15.1. The number of ether oxygens (including phenoxy) is 2. The molecule has 1 atom stereocenters. The number of likely N-dealkylation sites (tertiary alicyclic amines) is 1. The van der Waals surface area contributed by atoms with Gasteiger partial charge in [-0.3, -0.25) is 4.98 Å². The molecule has 6 heteroatoms. The van der Waals surface area contributed by atoms with Crippen LogP contribution >= 0.6 is 0 Å². The lowest BCUT2D eigenvalue weighted by atomic mass is 9.83. The second-order valence-corrected chi connectivity index (χ2v) is 7.80. The topological polar surface area (TPSA) is 71.9 Å². The van der Waals surface area contributed by atoms with Gasteiger partial charge in [0.1, 0.15) is 17.0 Å². The third-order valence-corrected chi connectivity index (χ3v) is 4.52. The first-order chi connectivity index (χ1) is 11.8. The van der Waals surface area contributed by atoms with Crippen molar-refractivity contribution in [3.05, 3.63) is 36.2 Å². The van der Waals surface area contributed by atoms with Crippen LogP contribution in [0.5, 0.6) is 0 Å². The standard InChI is InChI=1S/C19H26N2O4/c1-18(2,3)25-17(23)21-9-6-19(7-10-21)12-15(22)11-16(24-19)14-5-4-8-20-13-14/h4-5,8,11,13,15,22H,6-7,9-10,12H2,1-3H3. The smallest absolute Gasteiger partial charge is 0.410 e. The van der Waals surface area contributed by atoms with E-state index < -0.39 is 17.3 Å². The molecule has 25 heavy (non-hydrogen) atoms. The van der Waals surface area contributed by atoms with Gasteiger partial charge in [0.15, 0.2) is 0 Å². The van der Waals surface area contributed by atoms with Crippen LogP contribution in [-0.4, -0.2) is 51.5 Å². The van der Waals surface area contributed by atoms with Crippen LogP contribution in [0.25, 0.3) is 5.76 Å². The molecule has 1 aromatic rings. The fourth-order valence-corrected chi connectivity index (χ4v) is 3.32. The van der Waals surface area contributed by atoms with E-state index >= 15 is 0 Å². The molecule has 2 aliphatic heterocycles. The Bertz CT molecular complexity index is 643. The van der Waals surface area contributed by atoms with Gasteiger partial charge in [0.25, 0.3) is 0 Å². The second kappa shape index (κ2) is 6.67. The van der Waals surface area contributed by atoms with Gasteiger partial charge in [-0.15, -0.1) is 0 Å². The van der Waals surface area contributed by atoms with Crippen LogP contribution in [0.15, 0.2) is 30.6 Å². The normalized spacial score (nSPS) is 23.0. The Kier molecular flexibility index (Phi) is 4.73. The van der Waals surface area contributed by atoms with Gasteiger partial charge in [-0.25, -0.2) is 4.79 Å². The molecule has 1 spiro atoms. The molecule has 3 heterocycles. The number of aromatic nitrogens is 1. The van der Waals surface area contributed by atoms with Crippen molar-refractivity contribution in [2.75, 3.05) is 13.1 Å². The molecule has 1 N–H and O–H groups in total. The van der Waals surface area contributed by atoms with Gasteiger partial charge < -0.3 is 19.5 Å². The third kappa shape index (κ3) is 4.31. The third-order valence-electron chi connectivity index (χ3n) is 4.52. The molecule has 1 fully saturated rings. The first kappa shape index (κ1) is 17.7. The van der Waals surface area contributed by atoms with Gasteiger partial charge in [0.2, 0.25) is 0 Å². The van der Waals surface area contributed by atoms with E-state index in [0.717, 1.165) is 5.56 Å². The van der Waals surface area contributed by atoms with Gasteiger partial charge in [0.05, 0.1) is 6.10 Å². The van der Waals surface area contributed by atoms with Crippen molar-refractivity contribution in [3.63, 3.8) is 0 Å². The number of rotatable bonds is 1. The molecule has 1 unspecified atom stereocenters. The number of nitrogens with zero attached hydrogens (tertiary/aromatic N) is 2. The highest BCUT2D eigenvalue weighted by molar-refractivity contribution is 5.68. The molecule has 3 rings (SSSR count). The monoisotopic (exact) mass is 346 g/mol. The molecular formula is C19H26N2O4. The molecule has 0 aromatic carbocycles. The number of hydrogen-bond donors (Lipinski definition) is 1. The number of piperidine rings is 1. The first-order valence-electron chi connectivity index (χ1n) is 8.74. The molecule has 0 aliphatic carbocycles. The maximum absolute atomic E-state index is 12.2. The van der Waals surface area contributed by atoms with Crippen molar-refractivity contribution in [2.24, 2.45) is 0 Å². The lowest BCUT2D eigenvalue weighted by molar-refractivity contribution is -0.0601. The largest absolute Gasteiger partial charge is 0.487 e. The summed E-state index contributed by atoms with van der Waals surface area (Å²) in [6, 6.07) is 3.76. The van der Waals surface area contributed by atoms with Gasteiger partial charge in [0, 0.05) is 50.3 Å². The summed E-state index contributed by atoms with van der Waals surface area (Å²) in [5.74, 6) is 0.664. The molecule has 1 aromatic heterocycles. The molecule has 6 nitrogen and oxygen atoms in total. The maximum atomic E-state index is 12.2. The summed E-state index contributed by atoms with van der Waals surface area (Å²) in [4.78, 5) is 18.1. The summed E-state index contributed by atoms with van der Waals surface area (Å²) < 4.78 is 11.7. The Morgan fingerprint density at radius 1 is 1.40 bits per heavy atom. The highest BCUT2D eigenvalue weighted by Gasteiger charge is 2.42. The predicted octanol–water partition coefficient (Wildman–Crippen LogP) is 2.97. The number of carbonyl (C=O) groups excluding carboxylic acids is 1. The Balaban J connectivity index is 1.67. The van der Waals surface area contributed by atoms with Crippen LogP contribution in [0.3, 0.4) is 0 Å². The van der Waals surface area contributed by atoms with Gasteiger partial charge in [-0.2, -0.15) is 0 Å². The number of aliphatic hydroxyl groups is 1. The molecular weight excluding hydrogens is 320 g/mol. The first-order valence-corrected chi connectivity index (χ1v) is 8.74. The Morgan fingerprint density at radius 2 is 2.12 bits per heavy atom. The highest BCUT2D eigenvalue weighted by atomic mass is 16.6. The summed E-state index contributed by atoms with van der Waals surface area (Å²) in [7, 11) is 0. The van der Waals surface area contributed by atoms with E-state index in [-0.39, 0.29) is 6.09 Å². The van der Waals surface area contributed by atoms with Gasteiger partial charge in [-0.1, -0.05) is 0 Å². The minimum atomic E-state index is -0.558. The van der Waals surface area contributed by atoms with Crippen molar-refractivity contribution >= 4 is 11.9 Å². The zero-order valence-corrected chi connectivity index (χ0v) is 15.1. The van der Waals surface area contributed by atoms with Crippen LogP contribution in [0.4, 0.5) is 4.79 Å². The van der Waals surface area contributed by atoms with E-state index in [1.54, 1.807) is 23.4 Å². The molecule has 1 amide bonds. The molecule has 0 bridgehead atoms. The Morgan fingerprint density at radius 3 is 2.72 bits per heavy atom. The van der Waals surface area contributed by atoms with Gasteiger partial charge >= 0.3 is 6.09 Å². The highest BCUT2D eigenvalue weighted by Crippen LogP contribution is 2.39. The Hall–Kier alpha value is -2.08. The molecule has 136 valence electrons. The van der Waals surface area contributed by atoms with Crippen molar-refractivity contribution < 1.29 is 19.4 Å². The number of hydrogen-bond acceptors (Lipinski definition) is 5. The minimum absolute atomic E-state index is 0.290. The van der Waals surface area contributed by atoms with E-state index in [0.29, 0.717) is 38.1 Å². The fourth-order valence-electron chi connectivity index (χ4n) is 3.32. The molecule has 2 aliphatic rings. The summed E-state index contributed by atoms with van der Waals surface area (Å²) in [5.41, 5.74) is -0.0899. The van der Waals surface area contributed by atoms with Crippen molar-refractivity contribution in [1.29, 1.82) is 0 Å². The molecule has 1 saturated heterocycles. The van der Waals surface area contributed by atoms with E-state index in [4.69, 9.17) is 9.47 Å². The van der Waals surface area contributed by atoms with Crippen LogP contribution in [0.1, 0.15) is 45.6 Å². The molecule has 0 radical (unpaired) electrons. The van der Waals surface area contributed by atoms with E-state index in [2.05, 4.69) is 4.98 Å². The zero-order chi connectivity index (χ0) is 18.1. The maximum Gasteiger partial charge on any atom is 0.410 e. The van der Waals surface area contributed by atoms with Crippen molar-refractivity contribution in [2.45, 2.75) is 57.3 Å². The summed E-state index contributed by atoms with van der Waals surface area (Å²) in [6.07, 6.45) is 6.20. The SMILES string of the molecule is CC(C)(C)OC(=O)N1CCC2(CC1)CC(O)C=C(c1cccnc1)O2. The van der Waals surface area contributed by atoms with E-state index in [1.807, 2.05) is 32.9 Å². The fraction of sp³-hybridized carbons (Fsp3) is 0.579.